The van der Waals surface area contributed by atoms with Gasteiger partial charge in [0.25, 0.3) is 0 Å². The summed E-state index contributed by atoms with van der Waals surface area (Å²) in [4.78, 5) is 13.3. The number of thiazole rings is 1. The Morgan fingerprint density at radius 2 is 2.18 bits per heavy atom. The molecule has 0 spiro atoms. The van der Waals surface area contributed by atoms with Crippen LogP contribution in [0.2, 0.25) is 0 Å². The molecule has 0 saturated carbocycles. The molecule has 0 unspecified atom stereocenters. The van der Waals surface area contributed by atoms with Crippen LogP contribution in [0, 0.1) is 6.92 Å². The van der Waals surface area contributed by atoms with Crippen LogP contribution in [-0.2, 0) is 0 Å². The van der Waals surface area contributed by atoms with E-state index in [9.17, 15) is 0 Å². The average molecular weight is 244 g/mol. The van der Waals surface area contributed by atoms with Gasteiger partial charge in [-0.2, -0.15) is 0 Å². The highest BCUT2D eigenvalue weighted by molar-refractivity contribution is 7.19. The predicted octanol–water partition coefficient (Wildman–Crippen LogP) is 2.98. The number of benzene rings is 1. The Hall–Kier alpha value is -1.75. The van der Waals surface area contributed by atoms with E-state index in [0.29, 0.717) is 5.95 Å². The fourth-order valence-electron chi connectivity index (χ4n) is 1.83. The Morgan fingerprint density at radius 3 is 3.00 bits per heavy atom. The van der Waals surface area contributed by atoms with Crippen LogP contribution in [0.25, 0.3) is 21.1 Å². The summed E-state index contributed by atoms with van der Waals surface area (Å²) < 4.78 is 1.14. The van der Waals surface area contributed by atoms with Crippen molar-refractivity contribution in [3.63, 3.8) is 0 Å². The molecule has 0 fully saturated rings. The van der Waals surface area contributed by atoms with Crippen molar-refractivity contribution in [3.05, 3.63) is 23.3 Å². The highest BCUT2D eigenvalue weighted by atomic mass is 32.1. The molecule has 5 heteroatoms. The lowest BCUT2D eigenvalue weighted by atomic mass is 10.2. The quantitative estimate of drug-likeness (QED) is 0.753. The lowest BCUT2D eigenvalue weighted by Gasteiger charge is -2.02. The van der Waals surface area contributed by atoms with Crippen LogP contribution in [-0.4, -0.2) is 21.5 Å². The van der Waals surface area contributed by atoms with Crippen molar-refractivity contribution >= 4 is 38.4 Å². The molecular weight excluding hydrogens is 232 g/mol. The lowest BCUT2D eigenvalue weighted by molar-refractivity contribution is 1.11. The maximum atomic E-state index is 4.55. The minimum atomic E-state index is 0.679. The van der Waals surface area contributed by atoms with Crippen molar-refractivity contribution in [1.29, 1.82) is 0 Å². The van der Waals surface area contributed by atoms with Crippen LogP contribution < -0.4 is 5.32 Å². The molecule has 2 aromatic heterocycles. The summed E-state index contributed by atoms with van der Waals surface area (Å²) in [6, 6.07) is 4.05. The highest BCUT2D eigenvalue weighted by Gasteiger charge is 2.07. The standard InChI is InChI=1S/C12H12N4S/c1-3-13-12-14-6-8-4-5-9-11(10(8)16-12)17-7(2)15-9/h4-6H,3H2,1-2H3,(H,13,14,16). The Balaban J connectivity index is 2.33. The fraction of sp³-hybridized carbons (Fsp3) is 0.250. The Kier molecular flexibility index (Phi) is 2.40. The number of hydrogen-bond acceptors (Lipinski definition) is 5. The number of rotatable bonds is 2. The van der Waals surface area contributed by atoms with E-state index in [0.717, 1.165) is 32.7 Å². The fourth-order valence-corrected chi connectivity index (χ4v) is 2.75. The predicted molar refractivity (Wildman–Crippen MR) is 71.6 cm³/mol. The molecule has 0 amide bonds. The van der Waals surface area contributed by atoms with Crippen molar-refractivity contribution in [2.45, 2.75) is 13.8 Å². The molecule has 2 heterocycles. The van der Waals surface area contributed by atoms with Crippen molar-refractivity contribution in [2.75, 3.05) is 11.9 Å². The smallest absolute Gasteiger partial charge is 0.223 e. The molecular formula is C12H12N4S. The zero-order valence-electron chi connectivity index (χ0n) is 9.69. The van der Waals surface area contributed by atoms with E-state index in [-0.39, 0.29) is 0 Å². The first kappa shape index (κ1) is 10.4. The third kappa shape index (κ3) is 1.72. The van der Waals surface area contributed by atoms with Crippen molar-refractivity contribution < 1.29 is 0 Å². The number of anilines is 1. The van der Waals surface area contributed by atoms with Gasteiger partial charge in [-0.3, -0.25) is 0 Å². The van der Waals surface area contributed by atoms with Gasteiger partial charge < -0.3 is 5.32 Å². The molecule has 4 nitrogen and oxygen atoms in total. The summed E-state index contributed by atoms with van der Waals surface area (Å²) in [7, 11) is 0. The summed E-state index contributed by atoms with van der Waals surface area (Å²) >= 11 is 1.68. The Bertz CT molecular complexity index is 689. The van der Waals surface area contributed by atoms with Gasteiger partial charge in [-0.25, -0.2) is 15.0 Å². The minimum Gasteiger partial charge on any atom is -0.354 e. The van der Waals surface area contributed by atoms with Gasteiger partial charge in [-0.1, -0.05) is 0 Å². The zero-order chi connectivity index (χ0) is 11.8. The van der Waals surface area contributed by atoms with Crippen LogP contribution >= 0.6 is 11.3 Å². The summed E-state index contributed by atoms with van der Waals surface area (Å²) in [5.41, 5.74) is 2.00. The molecule has 0 atom stereocenters. The lowest BCUT2D eigenvalue weighted by Crippen LogP contribution is -2.01. The van der Waals surface area contributed by atoms with Gasteiger partial charge in [0.1, 0.15) is 0 Å². The third-order valence-corrected chi connectivity index (χ3v) is 3.54. The van der Waals surface area contributed by atoms with Gasteiger partial charge in [0, 0.05) is 18.1 Å². The van der Waals surface area contributed by atoms with Gasteiger partial charge in [-0.05, 0) is 26.0 Å². The topological polar surface area (TPSA) is 50.7 Å². The van der Waals surface area contributed by atoms with Crippen molar-refractivity contribution in [3.8, 4) is 0 Å². The maximum absolute atomic E-state index is 4.55. The zero-order valence-corrected chi connectivity index (χ0v) is 10.5. The number of aromatic nitrogens is 3. The van der Waals surface area contributed by atoms with Crippen molar-refractivity contribution in [1.82, 2.24) is 15.0 Å². The van der Waals surface area contributed by atoms with Crippen LogP contribution in [0.1, 0.15) is 11.9 Å². The highest BCUT2D eigenvalue weighted by Crippen LogP contribution is 2.28. The van der Waals surface area contributed by atoms with Crippen LogP contribution in [0.5, 0.6) is 0 Å². The number of fused-ring (bicyclic) bond motifs is 3. The molecule has 0 aliphatic heterocycles. The van der Waals surface area contributed by atoms with Crippen molar-refractivity contribution in [2.24, 2.45) is 0 Å². The van der Waals surface area contributed by atoms with Gasteiger partial charge in [0.15, 0.2) is 0 Å². The molecule has 0 saturated heterocycles. The van der Waals surface area contributed by atoms with Crippen LogP contribution in [0.3, 0.4) is 0 Å². The third-order valence-electron chi connectivity index (χ3n) is 2.55. The number of hydrogen-bond donors (Lipinski definition) is 1. The molecule has 86 valence electrons. The SMILES string of the molecule is CCNc1ncc2ccc3nc(C)sc3c2n1. The van der Waals surface area contributed by atoms with Crippen LogP contribution in [0.15, 0.2) is 18.3 Å². The van der Waals surface area contributed by atoms with Crippen LogP contribution in [0.4, 0.5) is 5.95 Å². The summed E-state index contributed by atoms with van der Waals surface area (Å²) in [6.07, 6.45) is 1.86. The minimum absolute atomic E-state index is 0.679. The molecule has 1 N–H and O–H groups in total. The molecule has 0 radical (unpaired) electrons. The first-order valence-electron chi connectivity index (χ1n) is 5.54. The van der Waals surface area contributed by atoms with Gasteiger partial charge >= 0.3 is 0 Å². The van der Waals surface area contributed by atoms with E-state index in [2.05, 4.69) is 20.3 Å². The van der Waals surface area contributed by atoms with Gasteiger partial charge in [0.05, 0.1) is 20.7 Å². The van der Waals surface area contributed by atoms with E-state index < -0.39 is 0 Å². The van der Waals surface area contributed by atoms with E-state index in [4.69, 9.17) is 0 Å². The summed E-state index contributed by atoms with van der Waals surface area (Å²) in [5.74, 6) is 0.679. The molecule has 0 bridgehead atoms. The Labute approximate surface area is 103 Å². The number of nitrogens with one attached hydrogen (secondary N) is 1. The number of nitrogens with zero attached hydrogens (tertiary/aromatic N) is 3. The second kappa shape index (κ2) is 3.92. The van der Waals surface area contributed by atoms with E-state index >= 15 is 0 Å². The monoisotopic (exact) mass is 244 g/mol. The van der Waals surface area contributed by atoms with E-state index in [1.807, 2.05) is 32.2 Å². The second-order valence-corrected chi connectivity index (χ2v) is 5.01. The Morgan fingerprint density at radius 1 is 1.29 bits per heavy atom. The first-order valence-corrected chi connectivity index (χ1v) is 6.36. The molecule has 0 aliphatic carbocycles. The maximum Gasteiger partial charge on any atom is 0.223 e. The molecule has 3 rings (SSSR count). The normalized spacial score (nSPS) is 11.2. The molecule has 17 heavy (non-hydrogen) atoms. The molecule has 0 aliphatic rings. The molecule has 1 aromatic carbocycles. The first-order chi connectivity index (χ1) is 8.28. The van der Waals surface area contributed by atoms with Gasteiger partial charge in [-0.15, -0.1) is 11.3 Å². The average Bonchev–Trinajstić information content (AvgIpc) is 2.70. The summed E-state index contributed by atoms with van der Waals surface area (Å²) in [5, 5.41) is 5.26. The van der Waals surface area contributed by atoms with Gasteiger partial charge in [0.2, 0.25) is 5.95 Å². The van der Waals surface area contributed by atoms with E-state index in [1.54, 1.807) is 11.3 Å². The summed E-state index contributed by atoms with van der Waals surface area (Å²) in [6.45, 7) is 4.87. The van der Waals surface area contributed by atoms with E-state index in [1.165, 1.54) is 0 Å². The molecule has 3 aromatic rings. The number of aryl methyl sites for hydroxylation is 1. The largest absolute Gasteiger partial charge is 0.354 e. The second-order valence-electron chi connectivity index (χ2n) is 3.81.